The number of nitrogens with zero attached hydrogens (tertiary/aromatic N) is 3. The summed E-state index contributed by atoms with van der Waals surface area (Å²) in [5.74, 6) is 1.28. The van der Waals surface area contributed by atoms with E-state index < -0.39 is 0 Å². The largest absolute Gasteiger partial charge is 0.497 e. The molecule has 0 bridgehead atoms. The Labute approximate surface area is 164 Å². The first-order valence-electron chi connectivity index (χ1n) is 9.38. The van der Waals surface area contributed by atoms with Gasteiger partial charge in [-0.05, 0) is 37.1 Å². The SMILES string of the molecule is COCCC(=O)N1CCC(n2nccc2NC(=O)c2ccc(OC)cc2)CC1. The number of likely N-dealkylation sites (tertiary alicyclic amines) is 1. The second-order valence-corrected chi connectivity index (χ2v) is 6.70. The zero-order chi connectivity index (χ0) is 19.9. The van der Waals surface area contributed by atoms with Crippen LogP contribution in [0.4, 0.5) is 5.82 Å². The minimum atomic E-state index is -0.198. The lowest BCUT2D eigenvalue weighted by Crippen LogP contribution is -2.39. The van der Waals surface area contributed by atoms with Crippen LogP contribution in [0.15, 0.2) is 36.5 Å². The van der Waals surface area contributed by atoms with Crippen molar-refractivity contribution in [2.45, 2.75) is 25.3 Å². The fraction of sp³-hybridized carbons (Fsp3) is 0.450. The summed E-state index contributed by atoms with van der Waals surface area (Å²) >= 11 is 0. The monoisotopic (exact) mass is 386 g/mol. The number of methoxy groups -OCH3 is 2. The predicted molar refractivity (Wildman–Crippen MR) is 105 cm³/mol. The average molecular weight is 386 g/mol. The quantitative estimate of drug-likeness (QED) is 0.789. The van der Waals surface area contributed by atoms with Gasteiger partial charge in [-0.3, -0.25) is 9.59 Å². The smallest absolute Gasteiger partial charge is 0.256 e. The highest BCUT2D eigenvalue weighted by Gasteiger charge is 2.25. The molecule has 1 saturated heterocycles. The second kappa shape index (κ2) is 9.36. The topological polar surface area (TPSA) is 85.7 Å². The van der Waals surface area contributed by atoms with Crippen molar-refractivity contribution in [2.75, 3.05) is 39.2 Å². The van der Waals surface area contributed by atoms with Crippen LogP contribution < -0.4 is 10.1 Å². The zero-order valence-corrected chi connectivity index (χ0v) is 16.3. The number of carbonyl (C=O) groups is 2. The Morgan fingerprint density at radius 3 is 2.50 bits per heavy atom. The lowest BCUT2D eigenvalue weighted by atomic mass is 10.0. The summed E-state index contributed by atoms with van der Waals surface area (Å²) in [6.45, 7) is 1.80. The number of rotatable bonds is 7. The van der Waals surface area contributed by atoms with Gasteiger partial charge in [0.1, 0.15) is 11.6 Å². The van der Waals surface area contributed by atoms with Gasteiger partial charge in [-0.15, -0.1) is 0 Å². The highest BCUT2D eigenvalue weighted by Crippen LogP contribution is 2.26. The average Bonchev–Trinajstić information content (AvgIpc) is 3.20. The van der Waals surface area contributed by atoms with Crippen molar-refractivity contribution < 1.29 is 19.1 Å². The van der Waals surface area contributed by atoms with Crippen LogP contribution in [0.1, 0.15) is 35.7 Å². The van der Waals surface area contributed by atoms with Crippen molar-refractivity contribution in [3.63, 3.8) is 0 Å². The number of amides is 2. The minimum Gasteiger partial charge on any atom is -0.497 e. The molecule has 28 heavy (non-hydrogen) atoms. The van der Waals surface area contributed by atoms with Crippen molar-refractivity contribution in [2.24, 2.45) is 0 Å². The molecule has 8 nitrogen and oxygen atoms in total. The Hall–Kier alpha value is -2.87. The maximum absolute atomic E-state index is 12.5. The molecule has 1 aromatic heterocycles. The molecule has 0 radical (unpaired) electrons. The van der Waals surface area contributed by atoms with Crippen molar-refractivity contribution in [1.82, 2.24) is 14.7 Å². The van der Waals surface area contributed by atoms with Gasteiger partial charge in [0.05, 0.1) is 32.4 Å². The van der Waals surface area contributed by atoms with Crippen molar-refractivity contribution in [1.29, 1.82) is 0 Å². The number of ether oxygens (including phenoxy) is 2. The van der Waals surface area contributed by atoms with E-state index >= 15 is 0 Å². The van der Waals surface area contributed by atoms with E-state index in [1.54, 1.807) is 50.7 Å². The van der Waals surface area contributed by atoms with Crippen LogP contribution in [0.25, 0.3) is 0 Å². The summed E-state index contributed by atoms with van der Waals surface area (Å²) in [5, 5.41) is 7.32. The molecule has 1 fully saturated rings. The van der Waals surface area contributed by atoms with E-state index in [0.29, 0.717) is 43.2 Å². The van der Waals surface area contributed by atoms with E-state index in [1.807, 2.05) is 9.58 Å². The van der Waals surface area contributed by atoms with Crippen molar-refractivity contribution in [3.05, 3.63) is 42.1 Å². The van der Waals surface area contributed by atoms with E-state index in [4.69, 9.17) is 9.47 Å². The Morgan fingerprint density at radius 2 is 1.86 bits per heavy atom. The maximum Gasteiger partial charge on any atom is 0.256 e. The molecule has 0 unspecified atom stereocenters. The van der Waals surface area contributed by atoms with E-state index in [2.05, 4.69) is 10.4 Å². The van der Waals surface area contributed by atoms with Gasteiger partial charge in [0, 0.05) is 31.8 Å². The highest BCUT2D eigenvalue weighted by molar-refractivity contribution is 6.03. The summed E-state index contributed by atoms with van der Waals surface area (Å²) in [4.78, 5) is 26.5. The number of nitrogens with one attached hydrogen (secondary N) is 1. The number of hydrogen-bond acceptors (Lipinski definition) is 5. The second-order valence-electron chi connectivity index (χ2n) is 6.70. The van der Waals surface area contributed by atoms with E-state index in [9.17, 15) is 9.59 Å². The van der Waals surface area contributed by atoms with Crippen LogP contribution >= 0.6 is 0 Å². The summed E-state index contributed by atoms with van der Waals surface area (Å²) in [6.07, 6.45) is 3.68. The van der Waals surface area contributed by atoms with E-state index in [0.717, 1.165) is 12.8 Å². The first-order valence-corrected chi connectivity index (χ1v) is 9.38. The molecule has 0 atom stereocenters. The molecule has 8 heteroatoms. The molecule has 1 aliphatic rings. The molecule has 1 N–H and O–H groups in total. The number of hydrogen-bond donors (Lipinski definition) is 1. The summed E-state index contributed by atoms with van der Waals surface area (Å²) in [7, 11) is 3.18. The van der Waals surface area contributed by atoms with E-state index in [-0.39, 0.29) is 17.9 Å². The van der Waals surface area contributed by atoms with Gasteiger partial charge in [-0.1, -0.05) is 0 Å². The molecule has 3 rings (SSSR count). The molecule has 1 aromatic carbocycles. The fourth-order valence-electron chi connectivity index (χ4n) is 3.34. The predicted octanol–water partition coefficient (Wildman–Crippen LogP) is 2.34. The third-order valence-electron chi connectivity index (χ3n) is 4.95. The number of piperidine rings is 1. The third-order valence-corrected chi connectivity index (χ3v) is 4.95. The molecular formula is C20H26N4O4. The minimum absolute atomic E-state index is 0.119. The van der Waals surface area contributed by atoms with Crippen LogP contribution in [0.3, 0.4) is 0 Å². The van der Waals surface area contributed by atoms with Gasteiger partial charge in [-0.25, -0.2) is 4.68 Å². The van der Waals surface area contributed by atoms with Gasteiger partial charge in [0.25, 0.3) is 5.91 Å². The fourth-order valence-corrected chi connectivity index (χ4v) is 3.34. The summed E-state index contributed by atoms with van der Waals surface area (Å²) < 4.78 is 11.9. The van der Waals surface area contributed by atoms with Crippen molar-refractivity contribution >= 4 is 17.6 Å². The molecule has 0 saturated carbocycles. The Morgan fingerprint density at radius 1 is 1.14 bits per heavy atom. The molecule has 150 valence electrons. The normalized spacial score (nSPS) is 14.7. The molecule has 2 aromatic rings. The lowest BCUT2D eigenvalue weighted by Gasteiger charge is -2.32. The molecule has 1 aliphatic heterocycles. The van der Waals surface area contributed by atoms with Gasteiger partial charge >= 0.3 is 0 Å². The number of aromatic nitrogens is 2. The van der Waals surface area contributed by atoms with Crippen molar-refractivity contribution in [3.8, 4) is 5.75 Å². The Balaban J connectivity index is 1.59. The van der Waals surface area contributed by atoms with Crippen LogP contribution in [0.5, 0.6) is 5.75 Å². The molecule has 2 heterocycles. The van der Waals surface area contributed by atoms with Gasteiger partial charge < -0.3 is 19.7 Å². The van der Waals surface area contributed by atoms with Crippen LogP contribution in [-0.2, 0) is 9.53 Å². The summed E-state index contributed by atoms with van der Waals surface area (Å²) in [6, 6.07) is 8.88. The molecule has 0 spiro atoms. The van der Waals surface area contributed by atoms with E-state index in [1.165, 1.54) is 0 Å². The zero-order valence-electron chi connectivity index (χ0n) is 16.3. The third kappa shape index (κ3) is 4.69. The molecule has 0 aliphatic carbocycles. The van der Waals surface area contributed by atoms with Gasteiger partial charge in [0.15, 0.2) is 0 Å². The van der Waals surface area contributed by atoms with Crippen LogP contribution in [0, 0.1) is 0 Å². The number of carbonyl (C=O) groups excluding carboxylic acids is 2. The van der Waals surface area contributed by atoms with Crippen LogP contribution in [0.2, 0.25) is 0 Å². The Bertz CT molecular complexity index is 795. The Kier molecular flexibility index (Phi) is 6.65. The first-order chi connectivity index (χ1) is 13.6. The maximum atomic E-state index is 12.5. The summed E-state index contributed by atoms with van der Waals surface area (Å²) in [5.41, 5.74) is 0.548. The van der Waals surface area contributed by atoms with Gasteiger partial charge in [0.2, 0.25) is 5.91 Å². The first kappa shape index (κ1) is 19.9. The number of anilines is 1. The molecular weight excluding hydrogens is 360 g/mol. The standard InChI is InChI=1S/C20H26N4O4/c1-27-14-10-19(25)23-12-8-16(9-13-23)24-18(7-11-21-24)22-20(26)15-3-5-17(28-2)6-4-15/h3-7,11,16H,8-10,12-14H2,1-2H3,(H,22,26). The molecule has 2 amide bonds. The highest BCUT2D eigenvalue weighted by atomic mass is 16.5. The van der Waals surface area contributed by atoms with Crippen LogP contribution in [-0.4, -0.2) is 60.4 Å². The van der Waals surface area contributed by atoms with Gasteiger partial charge in [-0.2, -0.15) is 5.10 Å². The number of benzene rings is 1. The lowest BCUT2D eigenvalue weighted by molar-refractivity contribution is -0.133.